The second-order valence-electron chi connectivity index (χ2n) is 4.66. The highest BCUT2D eigenvalue weighted by Gasteiger charge is 2.29. The van der Waals surface area contributed by atoms with Gasteiger partial charge in [0, 0.05) is 23.6 Å². The molecule has 0 amide bonds. The van der Waals surface area contributed by atoms with E-state index in [4.69, 9.17) is 26.8 Å². The maximum atomic E-state index is 6.28. The highest BCUT2D eigenvalue weighted by atomic mass is 35.5. The molecule has 0 spiro atoms. The molecule has 0 radical (unpaired) electrons. The molecule has 17 heavy (non-hydrogen) atoms. The topological polar surface area (TPSA) is 44.5 Å². The minimum Gasteiger partial charge on any atom is -0.493 e. The van der Waals surface area contributed by atoms with Gasteiger partial charge in [-0.25, -0.2) is 0 Å². The lowest BCUT2D eigenvalue weighted by molar-refractivity contribution is 0.0892. The quantitative estimate of drug-likeness (QED) is 0.881. The Hall–Kier alpha value is -0.770. The first-order valence-electron chi connectivity index (χ1n) is 6.08. The van der Waals surface area contributed by atoms with Gasteiger partial charge in [0.25, 0.3) is 0 Å². The summed E-state index contributed by atoms with van der Waals surface area (Å²) in [6.45, 7) is 1.53. The van der Waals surface area contributed by atoms with Gasteiger partial charge in [-0.1, -0.05) is 11.6 Å². The maximum absolute atomic E-state index is 6.28. The molecule has 1 saturated heterocycles. The van der Waals surface area contributed by atoms with Gasteiger partial charge in [-0.3, -0.25) is 0 Å². The van der Waals surface area contributed by atoms with Crippen LogP contribution in [-0.4, -0.2) is 19.3 Å². The Morgan fingerprint density at radius 1 is 1.35 bits per heavy atom. The number of nitrogens with two attached hydrogens (primary N) is 1. The number of benzene rings is 1. The van der Waals surface area contributed by atoms with Crippen molar-refractivity contribution in [3.8, 4) is 5.75 Å². The van der Waals surface area contributed by atoms with E-state index in [1.807, 2.05) is 12.1 Å². The minimum absolute atomic E-state index is 0.0989. The fourth-order valence-corrected chi connectivity index (χ4v) is 2.88. The molecular weight excluding hydrogens is 238 g/mol. The van der Waals surface area contributed by atoms with Crippen LogP contribution < -0.4 is 10.5 Å². The largest absolute Gasteiger partial charge is 0.493 e. The Morgan fingerprint density at radius 3 is 3.00 bits per heavy atom. The summed E-state index contributed by atoms with van der Waals surface area (Å²) < 4.78 is 11.3. The first kappa shape index (κ1) is 11.3. The Morgan fingerprint density at radius 2 is 2.24 bits per heavy atom. The lowest BCUT2D eigenvalue weighted by Gasteiger charge is -2.21. The highest BCUT2D eigenvalue weighted by Crippen LogP contribution is 2.38. The van der Waals surface area contributed by atoms with E-state index < -0.39 is 0 Å². The maximum Gasteiger partial charge on any atom is 0.127 e. The van der Waals surface area contributed by atoms with Crippen molar-refractivity contribution >= 4 is 11.6 Å². The summed E-state index contributed by atoms with van der Waals surface area (Å²) in [7, 11) is 0. The van der Waals surface area contributed by atoms with Crippen LogP contribution in [0.15, 0.2) is 12.1 Å². The predicted octanol–water partition coefficient (Wildman–Crippen LogP) is 2.45. The van der Waals surface area contributed by atoms with Gasteiger partial charge in [0.2, 0.25) is 0 Å². The molecule has 2 atom stereocenters. The van der Waals surface area contributed by atoms with E-state index in [9.17, 15) is 0 Å². The summed E-state index contributed by atoms with van der Waals surface area (Å²) in [5.41, 5.74) is 8.44. The van der Waals surface area contributed by atoms with Gasteiger partial charge in [0.15, 0.2) is 0 Å². The molecule has 4 heteroatoms. The van der Waals surface area contributed by atoms with Crippen LogP contribution in [-0.2, 0) is 11.2 Å². The van der Waals surface area contributed by atoms with Crippen molar-refractivity contribution in [3.05, 3.63) is 28.3 Å². The van der Waals surface area contributed by atoms with Crippen molar-refractivity contribution in [2.24, 2.45) is 5.73 Å². The third kappa shape index (κ3) is 2.03. The Balaban J connectivity index is 1.96. The fourth-order valence-electron chi connectivity index (χ4n) is 2.63. The van der Waals surface area contributed by atoms with E-state index in [1.54, 1.807) is 0 Å². The molecule has 3 rings (SSSR count). The SMILES string of the molecule is NC(c1cc(Cl)cc2c1OCC2)C1CCCO1. The number of ether oxygens (including phenoxy) is 2. The number of fused-ring (bicyclic) bond motifs is 1. The molecular formula is C13H16ClNO2. The van der Waals surface area contributed by atoms with Gasteiger partial charge in [-0.2, -0.15) is 0 Å². The minimum atomic E-state index is -0.136. The lowest BCUT2D eigenvalue weighted by atomic mass is 9.97. The van der Waals surface area contributed by atoms with E-state index in [-0.39, 0.29) is 12.1 Å². The summed E-state index contributed by atoms with van der Waals surface area (Å²) >= 11 is 6.13. The van der Waals surface area contributed by atoms with E-state index in [0.717, 1.165) is 48.8 Å². The smallest absolute Gasteiger partial charge is 0.127 e. The molecule has 0 saturated carbocycles. The average Bonchev–Trinajstić information content (AvgIpc) is 2.97. The Kier molecular flexibility index (Phi) is 2.99. The molecule has 1 aromatic carbocycles. The molecule has 1 fully saturated rings. The second-order valence-corrected chi connectivity index (χ2v) is 5.10. The highest BCUT2D eigenvalue weighted by molar-refractivity contribution is 6.30. The second kappa shape index (κ2) is 4.48. The van der Waals surface area contributed by atoms with Crippen molar-refractivity contribution in [1.82, 2.24) is 0 Å². The van der Waals surface area contributed by atoms with Crippen molar-refractivity contribution in [3.63, 3.8) is 0 Å². The van der Waals surface area contributed by atoms with Crippen molar-refractivity contribution < 1.29 is 9.47 Å². The van der Waals surface area contributed by atoms with Crippen LogP contribution in [0.5, 0.6) is 5.75 Å². The number of halogens is 1. The third-order valence-electron chi connectivity index (χ3n) is 3.50. The normalized spacial score (nSPS) is 24.5. The van der Waals surface area contributed by atoms with Gasteiger partial charge < -0.3 is 15.2 Å². The van der Waals surface area contributed by atoms with Gasteiger partial charge in [-0.05, 0) is 30.5 Å². The molecule has 0 aromatic heterocycles. The molecule has 2 heterocycles. The number of hydrogen-bond donors (Lipinski definition) is 1. The fraction of sp³-hybridized carbons (Fsp3) is 0.538. The zero-order valence-corrected chi connectivity index (χ0v) is 10.4. The van der Waals surface area contributed by atoms with E-state index >= 15 is 0 Å². The molecule has 0 bridgehead atoms. The molecule has 2 aliphatic heterocycles. The molecule has 1 aromatic rings. The molecule has 0 aliphatic carbocycles. The van der Waals surface area contributed by atoms with Gasteiger partial charge in [0.1, 0.15) is 5.75 Å². The summed E-state index contributed by atoms with van der Waals surface area (Å²) in [4.78, 5) is 0. The molecule has 2 N–H and O–H groups in total. The summed E-state index contributed by atoms with van der Waals surface area (Å²) in [5.74, 6) is 0.928. The lowest BCUT2D eigenvalue weighted by Crippen LogP contribution is -2.26. The monoisotopic (exact) mass is 253 g/mol. The van der Waals surface area contributed by atoms with Crippen LogP contribution in [0.4, 0.5) is 0 Å². The van der Waals surface area contributed by atoms with Crippen molar-refractivity contribution in [2.45, 2.75) is 31.4 Å². The van der Waals surface area contributed by atoms with Crippen LogP contribution in [0.3, 0.4) is 0 Å². The molecule has 2 aliphatic rings. The third-order valence-corrected chi connectivity index (χ3v) is 3.72. The van der Waals surface area contributed by atoms with Crippen molar-refractivity contribution in [1.29, 1.82) is 0 Å². The van der Waals surface area contributed by atoms with E-state index in [0.29, 0.717) is 0 Å². The van der Waals surface area contributed by atoms with E-state index in [2.05, 4.69) is 0 Å². The van der Waals surface area contributed by atoms with Gasteiger partial charge >= 0.3 is 0 Å². The van der Waals surface area contributed by atoms with Crippen LogP contribution in [0.25, 0.3) is 0 Å². The summed E-state index contributed by atoms with van der Waals surface area (Å²) in [6.07, 6.45) is 3.12. The predicted molar refractivity (Wildman–Crippen MR) is 66.6 cm³/mol. The number of hydrogen-bond acceptors (Lipinski definition) is 3. The van der Waals surface area contributed by atoms with Gasteiger partial charge in [-0.15, -0.1) is 0 Å². The van der Waals surface area contributed by atoms with Crippen LogP contribution in [0.1, 0.15) is 30.0 Å². The molecule has 2 unspecified atom stereocenters. The first-order valence-corrected chi connectivity index (χ1v) is 6.46. The first-order chi connectivity index (χ1) is 8.25. The Labute approximate surface area is 106 Å². The number of rotatable bonds is 2. The molecule has 3 nitrogen and oxygen atoms in total. The van der Waals surface area contributed by atoms with Crippen molar-refractivity contribution in [2.75, 3.05) is 13.2 Å². The summed E-state index contributed by atoms with van der Waals surface area (Å²) in [5, 5.41) is 0.734. The zero-order chi connectivity index (χ0) is 11.8. The zero-order valence-electron chi connectivity index (χ0n) is 9.62. The van der Waals surface area contributed by atoms with Crippen LogP contribution in [0, 0.1) is 0 Å². The molecule has 92 valence electrons. The average molecular weight is 254 g/mol. The Bertz CT molecular complexity index is 430. The standard InChI is InChI=1S/C13H16ClNO2/c14-9-6-8-3-5-17-13(8)10(7-9)12(15)11-2-1-4-16-11/h6-7,11-12H,1-5,15H2. The summed E-state index contributed by atoms with van der Waals surface area (Å²) in [6, 6.07) is 3.75. The van der Waals surface area contributed by atoms with Crippen LogP contribution >= 0.6 is 11.6 Å². The van der Waals surface area contributed by atoms with E-state index in [1.165, 1.54) is 5.56 Å². The van der Waals surface area contributed by atoms with Crippen LogP contribution in [0.2, 0.25) is 5.02 Å². The van der Waals surface area contributed by atoms with Gasteiger partial charge in [0.05, 0.1) is 18.8 Å².